The molecule has 0 amide bonds. The summed E-state index contributed by atoms with van der Waals surface area (Å²) >= 11 is 0. The van der Waals surface area contributed by atoms with Crippen molar-refractivity contribution in [3.8, 4) is 17.2 Å². The lowest BCUT2D eigenvalue weighted by atomic mass is 9.99. The molecule has 6 N–H and O–H groups in total. The second-order valence-corrected chi connectivity index (χ2v) is 6.78. The first-order chi connectivity index (χ1) is 14.3. The maximum atomic E-state index is 12.3. The summed E-state index contributed by atoms with van der Waals surface area (Å²) in [4.78, 5) is 12.3. The van der Waals surface area contributed by atoms with Crippen LogP contribution in [0.2, 0.25) is 0 Å². The van der Waals surface area contributed by atoms with Crippen LogP contribution >= 0.6 is 0 Å². The van der Waals surface area contributed by atoms with Gasteiger partial charge in [-0.3, -0.25) is 4.79 Å². The number of carbonyl (C=O) groups is 1. The number of phenolic OH excluding ortho intramolecular Hbond substituents is 2. The summed E-state index contributed by atoms with van der Waals surface area (Å²) in [5, 5.41) is 58.2. The number of ether oxygens (including phenoxy) is 2. The van der Waals surface area contributed by atoms with Crippen molar-refractivity contribution in [3.63, 3.8) is 0 Å². The lowest BCUT2D eigenvalue weighted by Crippen LogP contribution is -2.60. The fourth-order valence-corrected chi connectivity index (χ4v) is 2.94. The topological polar surface area (TPSA) is 157 Å². The third kappa shape index (κ3) is 4.78. The van der Waals surface area contributed by atoms with Gasteiger partial charge in [0.25, 0.3) is 0 Å². The molecule has 1 saturated heterocycles. The molecule has 1 aliphatic heterocycles. The Kier molecular flexibility index (Phi) is 6.70. The molecule has 0 radical (unpaired) electrons. The second-order valence-electron chi connectivity index (χ2n) is 6.78. The molecule has 30 heavy (non-hydrogen) atoms. The highest BCUT2D eigenvalue weighted by atomic mass is 16.7. The van der Waals surface area contributed by atoms with Crippen molar-refractivity contribution in [2.24, 2.45) is 0 Å². The Balaban J connectivity index is 1.70. The molecule has 0 aromatic heterocycles. The van der Waals surface area contributed by atoms with Gasteiger partial charge in [0.05, 0.1) is 12.2 Å². The number of hydrogen-bond acceptors (Lipinski definition) is 9. The molecular formula is C21H22O9. The van der Waals surface area contributed by atoms with Crippen LogP contribution in [-0.4, -0.2) is 73.7 Å². The lowest BCUT2D eigenvalue weighted by Gasteiger charge is -2.39. The van der Waals surface area contributed by atoms with Gasteiger partial charge in [0.2, 0.25) is 6.29 Å². The van der Waals surface area contributed by atoms with E-state index in [0.717, 1.165) is 6.07 Å². The Labute approximate surface area is 171 Å². The van der Waals surface area contributed by atoms with Crippen LogP contribution in [-0.2, 0) is 4.74 Å². The Bertz CT molecular complexity index is 907. The minimum Gasteiger partial charge on any atom is -0.508 e. The van der Waals surface area contributed by atoms with E-state index in [4.69, 9.17) is 9.47 Å². The largest absolute Gasteiger partial charge is 0.508 e. The van der Waals surface area contributed by atoms with E-state index in [2.05, 4.69) is 0 Å². The normalized spacial score (nSPS) is 26.6. The van der Waals surface area contributed by atoms with Gasteiger partial charge in [-0.1, -0.05) is 18.2 Å². The number of rotatable bonds is 6. The van der Waals surface area contributed by atoms with E-state index in [1.807, 2.05) is 0 Å². The number of benzene rings is 2. The molecule has 160 valence electrons. The second kappa shape index (κ2) is 9.24. The summed E-state index contributed by atoms with van der Waals surface area (Å²) in [5.74, 6) is -0.709. The molecule has 3 rings (SSSR count). The third-order valence-electron chi connectivity index (χ3n) is 4.66. The van der Waals surface area contributed by atoms with Gasteiger partial charge in [-0.2, -0.15) is 0 Å². The van der Waals surface area contributed by atoms with Crippen molar-refractivity contribution in [2.75, 3.05) is 6.61 Å². The van der Waals surface area contributed by atoms with E-state index in [1.165, 1.54) is 36.4 Å². The quantitative estimate of drug-likeness (QED) is 0.284. The van der Waals surface area contributed by atoms with E-state index in [-0.39, 0.29) is 22.8 Å². The van der Waals surface area contributed by atoms with Crippen LogP contribution in [0.1, 0.15) is 15.9 Å². The molecule has 0 saturated carbocycles. The van der Waals surface area contributed by atoms with Crippen LogP contribution < -0.4 is 4.74 Å². The highest BCUT2D eigenvalue weighted by Gasteiger charge is 2.44. The molecule has 5 atom stereocenters. The highest BCUT2D eigenvalue weighted by molar-refractivity contribution is 6.08. The molecule has 2 aromatic rings. The van der Waals surface area contributed by atoms with E-state index >= 15 is 0 Å². The number of aromatic hydroxyl groups is 2. The zero-order valence-corrected chi connectivity index (χ0v) is 15.7. The molecule has 1 heterocycles. The summed E-state index contributed by atoms with van der Waals surface area (Å²) < 4.78 is 10.6. The summed E-state index contributed by atoms with van der Waals surface area (Å²) in [7, 11) is 0. The van der Waals surface area contributed by atoms with Crippen molar-refractivity contribution < 1.29 is 44.9 Å². The Morgan fingerprint density at radius 1 is 1.00 bits per heavy atom. The maximum Gasteiger partial charge on any atom is 0.229 e. The van der Waals surface area contributed by atoms with Gasteiger partial charge in [0.15, 0.2) is 5.78 Å². The first-order valence-electron chi connectivity index (χ1n) is 9.12. The number of phenols is 2. The highest BCUT2D eigenvalue weighted by Crippen LogP contribution is 2.28. The van der Waals surface area contributed by atoms with Crippen LogP contribution in [0.15, 0.2) is 48.5 Å². The molecule has 1 aliphatic rings. The molecule has 0 aliphatic carbocycles. The predicted molar refractivity (Wildman–Crippen MR) is 104 cm³/mol. The lowest BCUT2D eigenvalue weighted by molar-refractivity contribution is -0.277. The zero-order valence-electron chi connectivity index (χ0n) is 15.7. The van der Waals surface area contributed by atoms with Gasteiger partial charge in [0.1, 0.15) is 41.7 Å². The van der Waals surface area contributed by atoms with Crippen molar-refractivity contribution in [2.45, 2.75) is 30.7 Å². The molecular weight excluding hydrogens is 396 g/mol. The molecule has 1 fully saturated rings. The van der Waals surface area contributed by atoms with Crippen molar-refractivity contribution >= 4 is 11.9 Å². The Morgan fingerprint density at radius 3 is 2.33 bits per heavy atom. The summed E-state index contributed by atoms with van der Waals surface area (Å²) in [6.45, 7) is -0.600. The van der Waals surface area contributed by atoms with Gasteiger partial charge >= 0.3 is 0 Å². The fraction of sp³-hybridized carbons (Fsp3) is 0.286. The van der Waals surface area contributed by atoms with Crippen LogP contribution in [0.25, 0.3) is 6.08 Å². The number of ketones is 1. The van der Waals surface area contributed by atoms with Crippen molar-refractivity contribution in [1.29, 1.82) is 0 Å². The van der Waals surface area contributed by atoms with Crippen LogP contribution in [0.4, 0.5) is 0 Å². The predicted octanol–water partition coefficient (Wildman–Crippen LogP) is 0.173. The first-order valence-corrected chi connectivity index (χ1v) is 9.12. The van der Waals surface area contributed by atoms with Gasteiger partial charge in [-0.05, 0) is 35.9 Å². The average molecular weight is 418 g/mol. The zero-order chi connectivity index (χ0) is 21.8. The number of aliphatic hydroxyl groups is 4. The Morgan fingerprint density at radius 2 is 1.70 bits per heavy atom. The minimum atomic E-state index is -1.60. The maximum absolute atomic E-state index is 12.3. The summed E-state index contributed by atoms with van der Waals surface area (Å²) in [5.41, 5.74) is 0.689. The van der Waals surface area contributed by atoms with Gasteiger partial charge in [-0.15, -0.1) is 0 Å². The number of allylic oxidation sites excluding steroid dienone is 1. The monoisotopic (exact) mass is 418 g/mol. The summed E-state index contributed by atoms with van der Waals surface area (Å²) in [6.07, 6.45) is -4.46. The van der Waals surface area contributed by atoms with Gasteiger partial charge in [0, 0.05) is 6.07 Å². The number of aliphatic hydroxyl groups excluding tert-OH is 4. The molecule has 0 unspecified atom stereocenters. The van der Waals surface area contributed by atoms with Gasteiger partial charge in [-0.25, -0.2) is 0 Å². The van der Waals surface area contributed by atoms with Crippen LogP contribution in [0.3, 0.4) is 0 Å². The Hall–Kier alpha value is -2.95. The van der Waals surface area contributed by atoms with Gasteiger partial charge < -0.3 is 40.1 Å². The number of carbonyl (C=O) groups excluding carboxylic acids is 1. The van der Waals surface area contributed by atoms with E-state index < -0.39 is 43.1 Å². The fourth-order valence-electron chi connectivity index (χ4n) is 2.94. The standard InChI is InChI=1S/C21H22O9/c22-10-17-18(26)19(27)20(28)21(30-17)29-13-6-7-14(16(25)9-13)15(24)8-3-11-1-4-12(23)5-2-11/h1-9,17-23,25-28H,10H2/b8-3-/t17-,18+,19+,20-,21+/m0/s1. The van der Waals surface area contributed by atoms with E-state index in [9.17, 15) is 35.4 Å². The first kappa shape index (κ1) is 21.8. The molecule has 9 nitrogen and oxygen atoms in total. The minimum absolute atomic E-state index is 0.00572. The molecule has 2 aromatic carbocycles. The average Bonchev–Trinajstić information content (AvgIpc) is 2.73. The van der Waals surface area contributed by atoms with Crippen molar-refractivity contribution in [3.05, 3.63) is 59.7 Å². The molecule has 0 spiro atoms. The van der Waals surface area contributed by atoms with E-state index in [1.54, 1.807) is 12.1 Å². The van der Waals surface area contributed by atoms with Crippen LogP contribution in [0.5, 0.6) is 17.2 Å². The van der Waals surface area contributed by atoms with E-state index in [0.29, 0.717) is 5.56 Å². The third-order valence-corrected chi connectivity index (χ3v) is 4.66. The molecule has 9 heteroatoms. The number of hydrogen-bond donors (Lipinski definition) is 6. The molecule has 0 bridgehead atoms. The SMILES string of the molecule is O=C(/C=C\c1ccc(O)cc1)c1ccc(O[C@@H]2O[C@@H](CO)[C@@H](O)[C@@H](O)[C@@H]2O)cc1O. The summed E-state index contributed by atoms with van der Waals surface area (Å²) in [6, 6.07) is 10.0. The smallest absolute Gasteiger partial charge is 0.229 e. The van der Waals surface area contributed by atoms with Crippen LogP contribution in [0, 0.1) is 0 Å². The van der Waals surface area contributed by atoms with Crippen molar-refractivity contribution in [1.82, 2.24) is 0 Å².